The van der Waals surface area contributed by atoms with Gasteiger partial charge in [0.15, 0.2) is 0 Å². The van der Waals surface area contributed by atoms with Crippen molar-refractivity contribution >= 4 is 0 Å². The Hall–Kier alpha value is -0.870. The topological polar surface area (TPSA) is 24.3 Å². The van der Waals surface area contributed by atoms with Crippen molar-refractivity contribution in [2.24, 2.45) is 0 Å². The highest BCUT2D eigenvalue weighted by Gasteiger charge is 2.23. The second-order valence-corrected chi connectivity index (χ2v) is 5.51. The third-order valence-electron chi connectivity index (χ3n) is 3.85. The SMILES string of the molecule is CCN1CCCC(c2nccn2CCN(C)C)C1. The van der Waals surface area contributed by atoms with Crippen LogP contribution >= 0.6 is 0 Å². The van der Waals surface area contributed by atoms with Gasteiger partial charge in [0, 0.05) is 37.9 Å². The van der Waals surface area contributed by atoms with E-state index in [0.717, 1.165) is 19.6 Å². The summed E-state index contributed by atoms with van der Waals surface area (Å²) in [6.07, 6.45) is 6.67. The fourth-order valence-electron chi connectivity index (χ4n) is 2.73. The summed E-state index contributed by atoms with van der Waals surface area (Å²) in [5.74, 6) is 1.91. The van der Waals surface area contributed by atoms with Gasteiger partial charge in [-0.1, -0.05) is 6.92 Å². The first-order chi connectivity index (χ1) is 8.70. The fourth-order valence-corrected chi connectivity index (χ4v) is 2.73. The molecule has 18 heavy (non-hydrogen) atoms. The van der Waals surface area contributed by atoms with E-state index in [2.05, 4.69) is 46.6 Å². The monoisotopic (exact) mass is 250 g/mol. The maximum atomic E-state index is 4.60. The maximum Gasteiger partial charge on any atom is 0.113 e. The second-order valence-electron chi connectivity index (χ2n) is 5.51. The normalized spacial score (nSPS) is 21.7. The lowest BCUT2D eigenvalue weighted by Gasteiger charge is -2.31. The van der Waals surface area contributed by atoms with Gasteiger partial charge >= 0.3 is 0 Å². The lowest BCUT2D eigenvalue weighted by molar-refractivity contribution is 0.211. The van der Waals surface area contributed by atoms with E-state index in [1.54, 1.807) is 0 Å². The van der Waals surface area contributed by atoms with Gasteiger partial charge < -0.3 is 14.4 Å². The highest BCUT2D eigenvalue weighted by molar-refractivity contribution is 5.03. The largest absolute Gasteiger partial charge is 0.333 e. The molecule has 1 saturated heterocycles. The van der Waals surface area contributed by atoms with E-state index in [4.69, 9.17) is 0 Å². The molecule has 1 aliphatic rings. The number of hydrogen-bond donors (Lipinski definition) is 0. The van der Waals surface area contributed by atoms with Crippen LogP contribution in [0.1, 0.15) is 31.5 Å². The summed E-state index contributed by atoms with van der Waals surface area (Å²) < 4.78 is 2.34. The molecule has 4 heteroatoms. The zero-order chi connectivity index (χ0) is 13.0. The number of hydrogen-bond acceptors (Lipinski definition) is 3. The van der Waals surface area contributed by atoms with Crippen LogP contribution in [0.25, 0.3) is 0 Å². The van der Waals surface area contributed by atoms with Crippen LogP contribution in [0, 0.1) is 0 Å². The van der Waals surface area contributed by atoms with E-state index in [1.165, 1.54) is 31.8 Å². The van der Waals surface area contributed by atoms with Gasteiger partial charge in [-0.2, -0.15) is 0 Å². The van der Waals surface area contributed by atoms with Crippen LogP contribution in [0.2, 0.25) is 0 Å². The van der Waals surface area contributed by atoms with Crippen LogP contribution in [0.15, 0.2) is 12.4 Å². The number of imidazole rings is 1. The minimum Gasteiger partial charge on any atom is -0.333 e. The molecule has 1 atom stereocenters. The van der Waals surface area contributed by atoms with E-state index in [1.807, 2.05) is 6.20 Å². The maximum absolute atomic E-state index is 4.60. The summed E-state index contributed by atoms with van der Waals surface area (Å²) >= 11 is 0. The number of piperidine rings is 1. The van der Waals surface area contributed by atoms with E-state index < -0.39 is 0 Å². The summed E-state index contributed by atoms with van der Waals surface area (Å²) in [6, 6.07) is 0. The summed E-state index contributed by atoms with van der Waals surface area (Å²) in [6.45, 7) is 7.97. The van der Waals surface area contributed by atoms with Crippen molar-refractivity contribution in [2.45, 2.75) is 32.2 Å². The zero-order valence-electron chi connectivity index (χ0n) is 12.0. The van der Waals surface area contributed by atoms with Crippen molar-refractivity contribution in [3.63, 3.8) is 0 Å². The number of nitrogens with zero attached hydrogens (tertiary/aromatic N) is 4. The molecule has 1 aromatic heterocycles. The van der Waals surface area contributed by atoms with Crippen molar-refractivity contribution in [2.75, 3.05) is 40.3 Å². The third-order valence-corrected chi connectivity index (χ3v) is 3.85. The minimum atomic E-state index is 0.621. The Labute approximate surface area is 111 Å². The second kappa shape index (κ2) is 6.34. The van der Waals surface area contributed by atoms with E-state index >= 15 is 0 Å². The van der Waals surface area contributed by atoms with Crippen LogP contribution in [-0.4, -0.2) is 59.6 Å². The Morgan fingerprint density at radius 3 is 3.00 bits per heavy atom. The molecule has 2 heterocycles. The summed E-state index contributed by atoms with van der Waals surface area (Å²) in [4.78, 5) is 9.37. The van der Waals surface area contributed by atoms with Gasteiger partial charge in [0.1, 0.15) is 5.82 Å². The molecule has 1 fully saturated rings. The number of likely N-dealkylation sites (N-methyl/N-ethyl adjacent to an activating group) is 2. The Kier molecular flexibility index (Phi) is 4.78. The predicted molar refractivity (Wildman–Crippen MR) is 74.9 cm³/mol. The van der Waals surface area contributed by atoms with Gasteiger partial charge in [-0.3, -0.25) is 0 Å². The molecule has 0 amide bonds. The molecule has 0 N–H and O–H groups in total. The lowest BCUT2D eigenvalue weighted by atomic mass is 9.97. The van der Waals surface area contributed by atoms with Crippen molar-refractivity contribution in [1.82, 2.24) is 19.4 Å². The Morgan fingerprint density at radius 2 is 2.28 bits per heavy atom. The van der Waals surface area contributed by atoms with Crippen LogP contribution in [0.4, 0.5) is 0 Å². The van der Waals surface area contributed by atoms with E-state index in [-0.39, 0.29) is 0 Å². The van der Waals surface area contributed by atoms with Gasteiger partial charge in [0.05, 0.1) is 0 Å². The Balaban J connectivity index is 2.01. The lowest BCUT2D eigenvalue weighted by Crippen LogP contribution is -2.35. The molecule has 0 spiro atoms. The molecule has 1 aromatic rings. The summed E-state index contributed by atoms with van der Waals surface area (Å²) in [5.41, 5.74) is 0. The number of rotatable bonds is 5. The van der Waals surface area contributed by atoms with Gasteiger partial charge in [0.2, 0.25) is 0 Å². The molecule has 0 aromatic carbocycles. The van der Waals surface area contributed by atoms with Gasteiger partial charge in [0.25, 0.3) is 0 Å². The van der Waals surface area contributed by atoms with Crippen molar-refractivity contribution in [3.8, 4) is 0 Å². The molecule has 0 aliphatic carbocycles. The predicted octanol–water partition coefficient (Wildman–Crippen LogP) is 1.64. The van der Waals surface area contributed by atoms with Crippen LogP contribution in [0.3, 0.4) is 0 Å². The average molecular weight is 250 g/mol. The molecule has 102 valence electrons. The number of aromatic nitrogens is 2. The summed E-state index contributed by atoms with van der Waals surface area (Å²) in [7, 11) is 4.24. The molecule has 0 radical (unpaired) electrons. The fraction of sp³-hybridized carbons (Fsp3) is 0.786. The standard InChI is InChI=1S/C14H26N4/c1-4-17-8-5-6-13(12-17)14-15-7-9-18(14)11-10-16(2)3/h7,9,13H,4-6,8,10-12H2,1-3H3. The molecule has 1 aliphatic heterocycles. The van der Waals surface area contributed by atoms with Crippen LogP contribution in [0.5, 0.6) is 0 Å². The van der Waals surface area contributed by atoms with Gasteiger partial charge in [-0.15, -0.1) is 0 Å². The summed E-state index contributed by atoms with van der Waals surface area (Å²) in [5, 5.41) is 0. The van der Waals surface area contributed by atoms with Gasteiger partial charge in [-0.25, -0.2) is 4.98 Å². The average Bonchev–Trinajstić information content (AvgIpc) is 2.84. The van der Waals surface area contributed by atoms with Gasteiger partial charge in [-0.05, 0) is 40.0 Å². The molecule has 2 rings (SSSR count). The Morgan fingerprint density at radius 1 is 1.44 bits per heavy atom. The molecular weight excluding hydrogens is 224 g/mol. The van der Waals surface area contributed by atoms with E-state index in [0.29, 0.717) is 5.92 Å². The minimum absolute atomic E-state index is 0.621. The molecule has 1 unspecified atom stereocenters. The molecule has 0 bridgehead atoms. The highest BCUT2D eigenvalue weighted by atomic mass is 15.2. The molecule has 4 nitrogen and oxygen atoms in total. The smallest absolute Gasteiger partial charge is 0.113 e. The molecule has 0 saturated carbocycles. The van der Waals surface area contributed by atoms with Crippen molar-refractivity contribution in [1.29, 1.82) is 0 Å². The number of likely N-dealkylation sites (tertiary alicyclic amines) is 1. The van der Waals surface area contributed by atoms with Crippen molar-refractivity contribution < 1.29 is 0 Å². The first-order valence-electron chi connectivity index (χ1n) is 7.08. The first-order valence-corrected chi connectivity index (χ1v) is 7.08. The molecular formula is C14H26N4. The Bertz CT molecular complexity index is 358. The third kappa shape index (κ3) is 3.33. The van der Waals surface area contributed by atoms with Crippen molar-refractivity contribution in [3.05, 3.63) is 18.2 Å². The zero-order valence-corrected chi connectivity index (χ0v) is 12.0. The van der Waals surface area contributed by atoms with Crippen LogP contribution < -0.4 is 0 Å². The quantitative estimate of drug-likeness (QED) is 0.794. The first kappa shape index (κ1) is 13.6. The highest BCUT2D eigenvalue weighted by Crippen LogP contribution is 2.25. The van der Waals surface area contributed by atoms with Crippen LogP contribution in [-0.2, 0) is 6.54 Å². The van der Waals surface area contributed by atoms with E-state index in [9.17, 15) is 0 Å².